The molecule has 0 aromatic carbocycles. The minimum atomic E-state index is 0.441. The third kappa shape index (κ3) is 4.77. The maximum atomic E-state index is 5.97. The predicted molar refractivity (Wildman–Crippen MR) is 74.7 cm³/mol. The van der Waals surface area contributed by atoms with Crippen molar-refractivity contribution in [3.63, 3.8) is 0 Å². The van der Waals surface area contributed by atoms with E-state index in [1.54, 1.807) is 0 Å². The maximum absolute atomic E-state index is 5.97. The molecule has 0 unspecified atom stereocenters. The summed E-state index contributed by atoms with van der Waals surface area (Å²) in [4.78, 5) is 8.19. The Hall–Kier alpha value is -1.52. The van der Waals surface area contributed by atoms with Crippen molar-refractivity contribution in [3.8, 4) is 5.88 Å². The monoisotopic (exact) mass is 252 g/mol. The number of hydrogen-bond donors (Lipinski definition) is 2. The van der Waals surface area contributed by atoms with Crippen LogP contribution in [-0.2, 0) is 0 Å². The lowest BCUT2D eigenvalue weighted by Gasteiger charge is -2.13. The van der Waals surface area contributed by atoms with E-state index in [-0.39, 0.29) is 0 Å². The quantitative estimate of drug-likeness (QED) is 0.780. The number of nitrogens with zero attached hydrogens (tertiary/aromatic N) is 2. The molecule has 18 heavy (non-hydrogen) atoms. The van der Waals surface area contributed by atoms with Crippen LogP contribution in [0.4, 0.5) is 11.5 Å². The van der Waals surface area contributed by atoms with Crippen molar-refractivity contribution in [1.82, 2.24) is 9.97 Å². The second-order valence-corrected chi connectivity index (χ2v) is 5.26. The van der Waals surface area contributed by atoms with Gasteiger partial charge in [-0.3, -0.25) is 0 Å². The molecule has 1 heterocycles. The molecule has 0 atom stereocenters. The van der Waals surface area contributed by atoms with E-state index in [1.165, 1.54) is 6.33 Å². The molecule has 0 saturated carbocycles. The van der Waals surface area contributed by atoms with Crippen molar-refractivity contribution in [2.24, 2.45) is 11.8 Å². The minimum absolute atomic E-state index is 0.441. The number of nitrogens with two attached hydrogens (primary N) is 1. The summed E-state index contributed by atoms with van der Waals surface area (Å²) < 4.78 is 5.55. The van der Waals surface area contributed by atoms with Crippen molar-refractivity contribution >= 4 is 11.5 Å². The van der Waals surface area contributed by atoms with Gasteiger partial charge in [-0.25, -0.2) is 4.98 Å². The third-order valence-corrected chi connectivity index (χ3v) is 2.41. The van der Waals surface area contributed by atoms with Crippen molar-refractivity contribution in [3.05, 3.63) is 6.33 Å². The van der Waals surface area contributed by atoms with Gasteiger partial charge >= 0.3 is 0 Å². The molecule has 0 bridgehead atoms. The molecule has 1 aromatic rings. The zero-order valence-electron chi connectivity index (χ0n) is 11.7. The number of rotatable bonds is 7. The molecule has 0 aliphatic carbocycles. The first kappa shape index (κ1) is 14.5. The normalized spacial score (nSPS) is 11.0. The number of nitrogens with one attached hydrogen (secondary N) is 1. The molecule has 0 saturated heterocycles. The van der Waals surface area contributed by atoms with E-state index in [2.05, 4.69) is 43.0 Å². The van der Waals surface area contributed by atoms with Gasteiger partial charge in [-0.1, -0.05) is 27.7 Å². The van der Waals surface area contributed by atoms with Gasteiger partial charge in [0.15, 0.2) is 5.82 Å². The van der Waals surface area contributed by atoms with Crippen LogP contribution in [0, 0.1) is 11.8 Å². The highest BCUT2D eigenvalue weighted by Crippen LogP contribution is 2.24. The second-order valence-electron chi connectivity index (χ2n) is 5.26. The standard InChI is InChI=1S/C13H24N4O/c1-9(2)5-6-15-12-11(14)13(17-8-16-12)18-7-10(3)4/h8-10H,5-7,14H2,1-4H3,(H,15,16,17). The Labute approximate surface area is 109 Å². The molecule has 3 N–H and O–H groups in total. The lowest BCUT2D eigenvalue weighted by molar-refractivity contribution is 0.262. The van der Waals surface area contributed by atoms with E-state index < -0.39 is 0 Å². The lowest BCUT2D eigenvalue weighted by Crippen LogP contribution is -2.12. The van der Waals surface area contributed by atoms with Crippen LogP contribution < -0.4 is 15.8 Å². The maximum Gasteiger partial charge on any atom is 0.242 e. The smallest absolute Gasteiger partial charge is 0.242 e. The number of hydrogen-bond acceptors (Lipinski definition) is 5. The minimum Gasteiger partial charge on any atom is -0.476 e. The fraction of sp³-hybridized carbons (Fsp3) is 0.692. The SMILES string of the molecule is CC(C)CCNc1ncnc(OCC(C)C)c1N. The first-order chi connectivity index (χ1) is 8.50. The van der Waals surface area contributed by atoms with Crippen LogP contribution in [0.25, 0.3) is 0 Å². The summed E-state index contributed by atoms with van der Waals surface area (Å²) >= 11 is 0. The molecule has 1 aromatic heterocycles. The van der Waals surface area contributed by atoms with Crippen LogP contribution >= 0.6 is 0 Å². The number of ether oxygens (including phenoxy) is 1. The van der Waals surface area contributed by atoms with E-state index in [9.17, 15) is 0 Å². The van der Waals surface area contributed by atoms with Crippen LogP contribution in [0.2, 0.25) is 0 Å². The van der Waals surface area contributed by atoms with Crippen LogP contribution in [0.5, 0.6) is 5.88 Å². The zero-order chi connectivity index (χ0) is 13.5. The Morgan fingerprint density at radius 1 is 1.22 bits per heavy atom. The van der Waals surface area contributed by atoms with Gasteiger partial charge in [-0.2, -0.15) is 4.98 Å². The van der Waals surface area contributed by atoms with Crippen molar-refractivity contribution in [2.75, 3.05) is 24.2 Å². The molecule has 102 valence electrons. The highest BCUT2D eigenvalue weighted by molar-refractivity contribution is 5.66. The van der Waals surface area contributed by atoms with E-state index in [0.29, 0.717) is 35.8 Å². The molecule has 0 fully saturated rings. The predicted octanol–water partition coefficient (Wildman–Crippen LogP) is 2.55. The van der Waals surface area contributed by atoms with Gasteiger partial charge in [-0.15, -0.1) is 0 Å². The molecule has 5 heteroatoms. The van der Waals surface area contributed by atoms with Crippen LogP contribution in [0.3, 0.4) is 0 Å². The van der Waals surface area contributed by atoms with Gasteiger partial charge in [0.25, 0.3) is 0 Å². The number of aromatic nitrogens is 2. The Morgan fingerprint density at radius 3 is 2.56 bits per heavy atom. The Bertz CT molecular complexity index is 366. The second kappa shape index (κ2) is 7.03. The Morgan fingerprint density at radius 2 is 1.94 bits per heavy atom. The summed E-state index contributed by atoms with van der Waals surface area (Å²) in [5.74, 6) is 2.21. The molecule has 0 aliphatic rings. The summed E-state index contributed by atoms with van der Waals surface area (Å²) in [6, 6.07) is 0. The summed E-state index contributed by atoms with van der Waals surface area (Å²) in [5.41, 5.74) is 6.46. The molecular weight excluding hydrogens is 228 g/mol. The molecule has 0 spiro atoms. The van der Waals surface area contributed by atoms with Crippen molar-refractivity contribution < 1.29 is 4.74 Å². The lowest BCUT2D eigenvalue weighted by atomic mass is 10.1. The summed E-state index contributed by atoms with van der Waals surface area (Å²) in [5, 5.41) is 3.22. The van der Waals surface area contributed by atoms with Crippen LogP contribution in [0.15, 0.2) is 6.33 Å². The highest BCUT2D eigenvalue weighted by atomic mass is 16.5. The van der Waals surface area contributed by atoms with Gasteiger partial charge in [0.1, 0.15) is 12.0 Å². The van der Waals surface area contributed by atoms with E-state index >= 15 is 0 Å². The summed E-state index contributed by atoms with van der Waals surface area (Å²) in [6.07, 6.45) is 2.55. The summed E-state index contributed by atoms with van der Waals surface area (Å²) in [7, 11) is 0. The molecule has 0 aliphatic heterocycles. The zero-order valence-corrected chi connectivity index (χ0v) is 11.7. The Balaban J connectivity index is 2.60. The topological polar surface area (TPSA) is 73.1 Å². The highest BCUT2D eigenvalue weighted by Gasteiger charge is 2.09. The Kier molecular flexibility index (Phi) is 5.68. The third-order valence-electron chi connectivity index (χ3n) is 2.41. The van der Waals surface area contributed by atoms with Crippen molar-refractivity contribution in [1.29, 1.82) is 0 Å². The van der Waals surface area contributed by atoms with Crippen LogP contribution in [0.1, 0.15) is 34.1 Å². The van der Waals surface area contributed by atoms with E-state index in [1.807, 2.05) is 0 Å². The molecule has 0 amide bonds. The molecule has 0 radical (unpaired) electrons. The molecular formula is C13H24N4O. The van der Waals surface area contributed by atoms with Gasteiger partial charge in [-0.05, 0) is 18.3 Å². The average molecular weight is 252 g/mol. The number of nitrogen functional groups attached to an aromatic ring is 1. The molecule has 1 rings (SSSR count). The van der Waals surface area contributed by atoms with Gasteiger partial charge in [0.05, 0.1) is 6.61 Å². The fourth-order valence-electron chi connectivity index (χ4n) is 1.36. The van der Waals surface area contributed by atoms with E-state index in [0.717, 1.165) is 13.0 Å². The van der Waals surface area contributed by atoms with Gasteiger partial charge < -0.3 is 15.8 Å². The van der Waals surface area contributed by atoms with E-state index in [4.69, 9.17) is 10.5 Å². The number of anilines is 2. The van der Waals surface area contributed by atoms with Gasteiger partial charge in [0.2, 0.25) is 5.88 Å². The largest absolute Gasteiger partial charge is 0.476 e. The van der Waals surface area contributed by atoms with Crippen LogP contribution in [-0.4, -0.2) is 23.1 Å². The van der Waals surface area contributed by atoms with Crippen molar-refractivity contribution in [2.45, 2.75) is 34.1 Å². The molecule has 5 nitrogen and oxygen atoms in total. The first-order valence-electron chi connectivity index (χ1n) is 6.47. The summed E-state index contributed by atoms with van der Waals surface area (Å²) in [6.45, 7) is 9.98. The average Bonchev–Trinajstić information content (AvgIpc) is 2.29. The van der Waals surface area contributed by atoms with Gasteiger partial charge in [0, 0.05) is 6.54 Å². The fourth-order valence-corrected chi connectivity index (χ4v) is 1.36. The first-order valence-corrected chi connectivity index (χ1v) is 6.47.